The van der Waals surface area contributed by atoms with Gasteiger partial charge in [0.1, 0.15) is 12.2 Å². The van der Waals surface area contributed by atoms with Crippen molar-refractivity contribution in [2.45, 2.75) is 45.3 Å². The average Bonchev–Trinajstić information content (AvgIpc) is 2.84. The molecule has 0 radical (unpaired) electrons. The average molecular weight is 268 g/mol. The van der Waals surface area contributed by atoms with Crippen LogP contribution in [0, 0.1) is 5.92 Å². The molecule has 0 atom stereocenters. The lowest BCUT2D eigenvalue weighted by Crippen LogP contribution is -2.52. The van der Waals surface area contributed by atoms with Crippen molar-refractivity contribution in [3.63, 3.8) is 0 Å². The fraction of sp³-hybridized carbons (Fsp3) is 0.846. The Morgan fingerprint density at radius 1 is 1.47 bits per heavy atom. The summed E-state index contributed by atoms with van der Waals surface area (Å²) in [5, 5.41) is 17.3. The van der Waals surface area contributed by atoms with Crippen LogP contribution in [0.25, 0.3) is 0 Å². The maximum absolute atomic E-state index is 9.62. The Kier molecular flexibility index (Phi) is 4.90. The number of aromatic nitrogens is 3. The molecule has 0 aromatic carbocycles. The fourth-order valence-electron chi connectivity index (χ4n) is 2.34. The first-order chi connectivity index (χ1) is 9.15. The van der Waals surface area contributed by atoms with Crippen LogP contribution in [0.5, 0.6) is 0 Å². The highest BCUT2D eigenvalue weighted by Gasteiger charge is 2.31. The summed E-state index contributed by atoms with van der Waals surface area (Å²) < 4.78 is 7.29. The normalized spacial score (nSPS) is 18.9. The fourth-order valence-corrected chi connectivity index (χ4v) is 2.34. The minimum atomic E-state index is -0.229. The Morgan fingerprint density at radius 3 is 2.84 bits per heavy atom. The molecular weight excluding hydrogens is 244 g/mol. The van der Waals surface area contributed by atoms with Crippen molar-refractivity contribution in [3.8, 4) is 0 Å². The van der Waals surface area contributed by atoms with Crippen molar-refractivity contribution in [1.29, 1.82) is 0 Å². The summed E-state index contributed by atoms with van der Waals surface area (Å²) in [5.74, 6) is 1.46. The van der Waals surface area contributed by atoms with Crippen molar-refractivity contribution in [2.75, 3.05) is 19.8 Å². The van der Waals surface area contributed by atoms with E-state index in [4.69, 9.17) is 4.74 Å². The Bertz CT molecular complexity index is 386. The van der Waals surface area contributed by atoms with E-state index >= 15 is 0 Å². The molecular formula is C13H24N4O2. The number of nitrogens with zero attached hydrogens (tertiary/aromatic N) is 3. The van der Waals surface area contributed by atoms with E-state index in [0.717, 1.165) is 25.2 Å². The predicted molar refractivity (Wildman–Crippen MR) is 71.6 cm³/mol. The largest absolute Gasteiger partial charge is 0.394 e. The number of ether oxygens (including phenoxy) is 1. The molecule has 0 amide bonds. The second kappa shape index (κ2) is 6.45. The minimum absolute atomic E-state index is 0.134. The van der Waals surface area contributed by atoms with Gasteiger partial charge in [0.05, 0.1) is 13.2 Å². The van der Waals surface area contributed by atoms with Crippen molar-refractivity contribution < 1.29 is 9.84 Å². The predicted octanol–water partition coefficient (Wildman–Crippen LogP) is 0.565. The van der Waals surface area contributed by atoms with Crippen LogP contribution in [0.1, 0.15) is 32.5 Å². The molecule has 0 spiro atoms. The van der Waals surface area contributed by atoms with Gasteiger partial charge in [-0.15, -0.1) is 0 Å². The van der Waals surface area contributed by atoms with Gasteiger partial charge < -0.3 is 15.2 Å². The van der Waals surface area contributed by atoms with Gasteiger partial charge in [-0.3, -0.25) is 0 Å². The first-order valence-electron chi connectivity index (χ1n) is 6.95. The first-order valence-corrected chi connectivity index (χ1v) is 6.95. The molecule has 1 fully saturated rings. The van der Waals surface area contributed by atoms with Crippen LogP contribution in [-0.4, -0.2) is 45.2 Å². The third-order valence-corrected chi connectivity index (χ3v) is 3.61. The maximum Gasteiger partial charge on any atom is 0.140 e. The van der Waals surface area contributed by atoms with Crippen molar-refractivity contribution in [3.05, 3.63) is 12.2 Å². The highest BCUT2D eigenvalue weighted by molar-refractivity contribution is 4.93. The zero-order chi connectivity index (χ0) is 13.7. The van der Waals surface area contributed by atoms with E-state index in [1.54, 1.807) is 6.33 Å². The minimum Gasteiger partial charge on any atom is -0.394 e. The molecule has 6 heteroatoms. The number of hydrogen-bond donors (Lipinski definition) is 2. The van der Waals surface area contributed by atoms with E-state index in [2.05, 4.69) is 29.2 Å². The molecule has 1 aliphatic heterocycles. The van der Waals surface area contributed by atoms with Crippen molar-refractivity contribution in [2.24, 2.45) is 5.92 Å². The van der Waals surface area contributed by atoms with E-state index in [9.17, 15) is 5.11 Å². The summed E-state index contributed by atoms with van der Waals surface area (Å²) in [7, 11) is 0. The zero-order valence-corrected chi connectivity index (χ0v) is 11.8. The number of aliphatic hydroxyl groups excluding tert-OH is 1. The Morgan fingerprint density at radius 2 is 2.21 bits per heavy atom. The van der Waals surface area contributed by atoms with Gasteiger partial charge in [-0.1, -0.05) is 13.8 Å². The Balaban J connectivity index is 1.95. The van der Waals surface area contributed by atoms with Gasteiger partial charge >= 0.3 is 0 Å². The molecule has 0 aliphatic carbocycles. The molecule has 0 bridgehead atoms. The van der Waals surface area contributed by atoms with Gasteiger partial charge in [0.2, 0.25) is 0 Å². The Hall–Kier alpha value is -0.980. The molecule has 108 valence electrons. The summed E-state index contributed by atoms with van der Waals surface area (Å²) in [4.78, 5) is 4.30. The SMILES string of the molecule is CC(C)Cn1ncnc1CNC1(CO)CCOCC1. The molecule has 2 heterocycles. The molecule has 1 aliphatic rings. The lowest BCUT2D eigenvalue weighted by molar-refractivity contribution is 0.0107. The monoisotopic (exact) mass is 268 g/mol. The highest BCUT2D eigenvalue weighted by Crippen LogP contribution is 2.20. The van der Waals surface area contributed by atoms with Gasteiger partial charge in [0.15, 0.2) is 0 Å². The van der Waals surface area contributed by atoms with E-state index in [1.807, 2.05) is 4.68 Å². The molecule has 0 saturated carbocycles. The quantitative estimate of drug-likeness (QED) is 0.789. The number of rotatable bonds is 6. The second-order valence-electron chi connectivity index (χ2n) is 5.66. The number of nitrogens with one attached hydrogen (secondary N) is 1. The van der Waals surface area contributed by atoms with Gasteiger partial charge in [-0.25, -0.2) is 9.67 Å². The molecule has 1 saturated heterocycles. The van der Waals surface area contributed by atoms with Crippen LogP contribution in [-0.2, 0) is 17.8 Å². The van der Waals surface area contributed by atoms with E-state index in [-0.39, 0.29) is 12.1 Å². The van der Waals surface area contributed by atoms with Crippen LogP contribution < -0.4 is 5.32 Å². The summed E-state index contributed by atoms with van der Waals surface area (Å²) in [6.07, 6.45) is 3.26. The summed E-state index contributed by atoms with van der Waals surface area (Å²) in [6, 6.07) is 0. The Labute approximate surface area is 114 Å². The molecule has 1 aromatic rings. The van der Waals surface area contributed by atoms with Gasteiger partial charge in [-0.2, -0.15) is 5.10 Å². The molecule has 0 unspecified atom stereocenters. The number of aliphatic hydroxyl groups is 1. The topological polar surface area (TPSA) is 72.2 Å². The van der Waals surface area contributed by atoms with Crippen LogP contribution >= 0.6 is 0 Å². The van der Waals surface area contributed by atoms with E-state index < -0.39 is 0 Å². The van der Waals surface area contributed by atoms with Gasteiger partial charge in [0, 0.05) is 25.3 Å². The maximum atomic E-state index is 9.62. The summed E-state index contributed by atoms with van der Waals surface area (Å²) in [5.41, 5.74) is -0.229. The van der Waals surface area contributed by atoms with Gasteiger partial charge in [0.25, 0.3) is 0 Å². The van der Waals surface area contributed by atoms with E-state index in [1.165, 1.54) is 0 Å². The molecule has 19 heavy (non-hydrogen) atoms. The standard InChI is InChI=1S/C13H24N4O2/c1-11(2)8-17-12(14-10-16-17)7-15-13(9-18)3-5-19-6-4-13/h10-11,15,18H,3-9H2,1-2H3. The smallest absolute Gasteiger partial charge is 0.140 e. The van der Waals surface area contributed by atoms with Crippen molar-refractivity contribution >= 4 is 0 Å². The van der Waals surface area contributed by atoms with Crippen LogP contribution in [0.15, 0.2) is 6.33 Å². The number of hydrogen-bond acceptors (Lipinski definition) is 5. The van der Waals surface area contributed by atoms with Gasteiger partial charge in [-0.05, 0) is 18.8 Å². The lowest BCUT2D eigenvalue weighted by atomic mass is 9.91. The van der Waals surface area contributed by atoms with E-state index in [0.29, 0.717) is 25.7 Å². The highest BCUT2D eigenvalue weighted by atomic mass is 16.5. The summed E-state index contributed by atoms with van der Waals surface area (Å²) >= 11 is 0. The third kappa shape index (κ3) is 3.75. The van der Waals surface area contributed by atoms with Crippen molar-refractivity contribution in [1.82, 2.24) is 20.1 Å². The first kappa shape index (κ1) is 14.4. The summed E-state index contributed by atoms with van der Waals surface area (Å²) in [6.45, 7) is 7.35. The van der Waals surface area contributed by atoms with Crippen LogP contribution in [0.4, 0.5) is 0 Å². The van der Waals surface area contributed by atoms with Crippen LogP contribution in [0.3, 0.4) is 0 Å². The van der Waals surface area contributed by atoms with Crippen LogP contribution in [0.2, 0.25) is 0 Å². The third-order valence-electron chi connectivity index (χ3n) is 3.61. The second-order valence-corrected chi connectivity index (χ2v) is 5.66. The zero-order valence-electron chi connectivity index (χ0n) is 11.8. The molecule has 6 nitrogen and oxygen atoms in total. The molecule has 2 rings (SSSR count). The molecule has 2 N–H and O–H groups in total. The lowest BCUT2D eigenvalue weighted by Gasteiger charge is -2.36. The molecule has 1 aromatic heterocycles.